The molecular formula is C12H19O2-. The zero-order chi connectivity index (χ0) is 10.6. The van der Waals surface area contributed by atoms with Gasteiger partial charge < -0.3 is 9.90 Å². The Morgan fingerprint density at radius 2 is 1.86 bits per heavy atom. The molecular weight excluding hydrogens is 176 g/mol. The van der Waals surface area contributed by atoms with Crippen LogP contribution in [0.2, 0.25) is 0 Å². The van der Waals surface area contributed by atoms with Gasteiger partial charge in [-0.1, -0.05) is 50.5 Å². The van der Waals surface area contributed by atoms with E-state index in [4.69, 9.17) is 0 Å². The van der Waals surface area contributed by atoms with Gasteiger partial charge in [-0.3, -0.25) is 0 Å². The maximum absolute atomic E-state index is 10.0. The second kappa shape index (κ2) is 10.0. The highest BCUT2D eigenvalue weighted by atomic mass is 16.4. The van der Waals surface area contributed by atoms with Crippen LogP contribution in [0.25, 0.3) is 0 Å². The van der Waals surface area contributed by atoms with Gasteiger partial charge in [0, 0.05) is 12.4 Å². The summed E-state index contributed by atoms with van der Waals surface area (Å²) in [6, 6.07) is 0. The van der Waals surface area contributed by atoms with Gasteiger partial charge in [0.1, 0.15) is 0 Å². The number of carbonyl (C=O) groups excluding carboxylic acids is 1. The molecule has 2 heteroatoms. The zero-order valence-corrected chi connectivity index (χ0v) is 8.87. The van der Waals surface area contributed by atoms with E-state index in [1.165, 1.54) is 25.7 Å². The minimum Gasteiger partial charge on any atom is -0.550 e. The van der Waals surface area contributed by atoms with Gasteiger partial charge in [-0.2, -0.15) is 0 Å². The Kier molecular flexibility index (Phi) is 9.28. The first-order chi connectivity index (χ1) is 6.77. The first kappa shape index (κ1) is 12.9. The number of rotatable bonds is 8. The molecule has 0 atom stereocenters. The van der Waals surface area contributed by atoms with E-state index in [1.807, 2.05) is 6.08 Å². The Labute approximate surface area is 86.3 Å². The van der Waals surface area contributed by atoms with E-state index in [9.17, 15) is 9.90 Å². The van der Waals surface area contributed by atoms with Crippen molar-refractivity contribution in [2.45, 2.75) is 45.4 Å². The first-order valence-electron chi connectivity index (χ1n) is 5.29. The molecule has 0 spiro atoms. The number of unbranched alkanes of at least 4 members (excludes halogenated alkanes) is 4. The minimum atomic E-state index is -1.03. The third-order valence-electron chi connectivity index (χ3n) is 1.89. The standard InChI is InChI=1S/C12H20O2/c1-2-3-4-5-6-7-8-9-10-11-12(13)14/h7-10H,2-6,11H2,1H3,(H,13,14)/p-1/b8-7-,10-9+. The lowest BCUT2D eigenvalue weighted by Gasteiger charge is -1.93. The zero-order valence-electron chi connectivity index (χ0n) is 8.87. The third kappa shape index (κ3) is 11.0. The summed E-state index contributed by atoms with van der Waals surface area (Å²) >= 11 is 0. The predicted molar refractivity (Wildman–Crippen MR) is 56.7 cm³/mol. The molecule has 0 saturated carbocycles. The van der Waals surface area contributed by atoms with E-state index in [-0.39, 0.29) is 6.42 Å². The van der Waals surface area contributed by atoms with E-state index in [1.54, 1.807) is 12.2 Å². The summed E-state index contributed by atoms with van der Waals surface area (Å²) in [5.74, 6) is -1.03. The number of hydrogen-bond acceptors (Lipinski definition) is 2. The van der Waals surface area contributed by atoms with Gasteiger partial charge in [0.05, 0.1) is 0 Å². The molecule has 0 aromatic heterocycles. The van der Waals surface area contributed by atoms with Crippen molar-refractivity contribution in [3.05, 3.63) is 24.3 Å². The maximum Gasteiger partial charge on any atom is 0.0452 e. The normalized spacial score (nSPS) is 11.5. The molecule has 0 radical (unpaired) electrons. The molecule has 2 nitrogen and oxygen atoms in total. The van der Waals surface area contributed by atoms with Crippen molar-refractivity contribution < 1.29 is 9.90 Å². The fourth-order valence-electron chi connectivity index (χ4n) is 1.11. The van der Waals surface area contributed by atoms with Gasteiger partial charge in [-0.05, 0) is 12.8 Å². The topological polar surface area (TPSA) is 40.1 Å². The largest absolute Gasteiger partial charge is 0.550 e. The van der Waals surface area contributed by atoms with Crippen molar-refractivity contribution in [1.82, 2.24) is 0 Å². The molecule has 0 N–H and O–H groups in total. The van der Waals surface area contributed by atoms with Crippen LogP contribution in [0.3, 0.4) is 0 Å². The Balaban J connectivity index is 3.26. The molecule has 14 heavy (non-hydrogen) atoms. The van der Waals surface area contributed by atoms with Gasteiger partial charge >= 0.3 is 0 Å². The van der Waals surface area contributed by atoms with Gasteiger partial charge in [-0.25, -0.2) is 0 Å². The van der Waals surface area contributed by atoms with Gasteiger partial charge in [0.15, 0.2) is 0 Å². The fourth-order valence-corrected chi connectivity index (χ4v) is 1.11. The Morgan fingerprint density at radius 3 is 2.50 bits per heavy atom. The molecule has 0 unspecified atom stereocenters. The van der Waals surface area contributed by atoms with Crippen molar-refractivity contribution >= 4 is 5.97 Å². The fraction of sp³-hybridized carbons (Fsp3) is 0.583. The monoisotopic (exact) mass is 195 g/mol. The van der Waals surface area contributed by atoms with Crippen molar-refractivity contribution in [3.8, 4) is 0 Å². The van der Waals surface area contributed by atoms with Crippen LogP contribution in [0, 0.1) is 0 Å². The number of hydrogen-bond donors (Lipinski definition) is 0. The molecule has 0 rings (SSSR count). The average Bonchev–Trinajstić information content (AvgIpc) is 2.15. The number of allylic oxidation sites excluding steroid dienone is 3. The molecule has 0 aromatic rings. The maximum atomic E-state index is 10.0. The summed E-state index contributed by atoms with van der Waals surface area (Å²) in [6.07, 6.45) is 13.5. The molecule has 0 aliphatic rings. The first-order valence-corrected chi connectivity index (χ1v) is 5.29. The van der Waals surface area contributed by atoms with Crippen molar-refractivity contribution in [1.29, 1.82) is 0 Å². The SMILES string of the molecule is CCCCCC/C=C\C=C\CC(=O)[O-]. The Hall–Kier alpha value is -1.05. The lowest BCUT2D eigenvalue weighted by atomic mass is 10.1. The smallest absolute Gasteiger partial charge is 0.0452 e. The van der Waals surface area contributed by atoms with Crippen LogP contribution < -0.4 is 5.11 Å². The highest BCUT2D eigenvalue weighted by Gasteiger charge is 1.83. The van der Waals surface area contributed by atoms with Crippen molar-refractivity contribution in [3.63, 3.8) is 0 Å². The van der Waals surface area contributed by atoms with Crippen LogP contribution in [0.15, 0.2) is 24.3 Å². The van der Waals surface area contributed by atoms with Gasteiger partial charge in [-0.15, -0.1) is 0 Å². The van der Waals surface area contributed by atoms with E-state index in [0.29, 0.717) is 0 Å². The van der Waals surface area contributed by atoms with E-state index >= 15 is 0 Å². The average molecular weight is 195 g/mol. The van der Waals surface area contributed by atoms with Crippen molar-refractivity contribution in [2.75, 3.05) is 0 Å². The Bertz CT molecular complexity index is 192. The van der Waals surface area contributed by atoms with Crippen LogP contribution in [-0.4, -0.2) is 5.97 Å². The summed E-state index contributed by atoms with van der Waals surface area (Å²) in [4.78, 5) is 10.0. The summed E-state index contributed by atoms with van der Waals surface area (Å²) in [5, 5.41) is 10.0. The lowest BCUT2D eigenvalue weighted by Crippen LogP contribution is -2.20. The number of carboxylic acids is 1. The van der Waals surface area contributed by atoms with Gasteiger partial charge in [0.2, 0.25) is 0 Å². The van der Waals surface area contributed by atoms with Gasteiger partial charge in [0.25, 0.3) is 0 Å². The van der Waals surface area contributed by atoms with Crippen LogP contribution in [0.5, 0.6) is 0 Å². The van der Waals surface area contributed by atoms with Crippen molar-refractivity contribution in [2.24, 2.45) is 0 Å². The molecule has 0 bridgehead atoms. The second-order valence-corrected chi connectivity index (χ2v) is 3.28. The van der Waals surface area contributed by atoms with Crippen LogP contribution in [-0.2, 0) is 4.79 Å². The lowest BCUT2D eigenvalue weighted by molar-refractivity contribution is -0.304. The number of carboxylic acid groups (broad SMARTS) is 1. The molecule has 0 fully saturated rings. The molecule has 0 aliphatic heterocycles. The van der Waals surface area contributed by atoms with Crippen LogP contribution in [0.1, 0.15) is 45.4 Å². The van der Waals surface area contributed by atoms with Crippen LogP contribution in [0.4, 0.5) is 0 Å². The summed E-state index contributed by atoms with van der Waals surface area (Å²) < 4.78 is 0. The third-order valence-corrected chi connectivity index (χ3v) is 1.89. The Morgan fingerprint density at radius 1 is 1.14 bits per heavy atom. The summed E-state index contributed by atoms with van der Waals surface area (Å²) in [6.45, 7) is 2.19. The molecule has 0 saturated heterocycles. The summed E-state index contributed by atoms with van der Waals surface area (Å²) in [7, 11) is 0. The van der Waals surface area contributed by atoms with Crippen LogP contribution >= 0.6 is 0 Å². The molecule has 0 aliphatic carbocycles. The number of carbonyl (C=O) groups is 1. The van der Waals surface area contributed by atoms with E-state index in [2.05, 4.69) is 13.0 Å². The second-order valence-electron chi connectivity index (χ2n) is 3.28. The molecule has 0 aromatic carbocycles. The highest BCUT2D eigenvalue weighted by Crippen LogP contribution is 2.02. The minimum absolute atomic E-state index is 0.000173. The molecule has 0 heterocycles. The molecule has 80 valence electrons. The highest BCUT2D eigenvalue weighted by molar-refractivity contribution is 5.66. The predicted octanol–water partition coefficient (Wildman–Crippen LogP) is 2.21. The quantitative estimate of drug-likeness (QED) is 0.440. The number of aliphatic carboxylic acids is 1. The van der Waals surface area contributed by atoms with E-state index < -0.39 is 5.97 Å². The molecule has 0 amide bonds. The van der Waals surface area contributed by atoms with E-state index in [0.717, 1.165) is 6.42 Å². The summed E-state index contributed by atoms with van der Waals surface area (Å²) in [5.41, 5.74) is 0.